The fourth-order valence-corrected chi connectivity index (χ4v) is 3.71. The maximum atomic E-state index is 11.2. The molecule has 0 aliphatic heterocycles. The lowest BCUT2D eigenvalue weighted by Crippen LogP contribution is -1.92. The van der Waals surface area contributed by atoms with Crippen LogP contribution in [0.4, 0.5) is 0 Å². The molecule has 174 valence electrons. The van der Waals surface area contributed by atoms with Gasteiger partial charge in [0, 0.05) is 6.08 Å². The van der Waals surface area contributed by atoms with Crippen LogP contribution in [-0.4, -0.2) is 5.97 Å². The first kappa shape index (κ1) is 28.7. The molecule has 0 heterocycles. The SMILES string of the molecule is C=CC=CC(=O)OC=CCCCCCCCCCCCCCCCCCCCCC. The van der Waals surface area contributed by atoms with E-state index in [1.807, 2.05) is 6.08 Å². The van der Waals surface area contributed by atoms with Crippen LogP contribution in [0.2, 0.25) is 0 Å². The maximum absolute atomic E-state index is 11.2. The van der Waals surface area contributed by atoms with E-state index < -0.39 is 0 Å². The van der Waals surface area contributed by atoms with Crippen molar-refractivity contribution in [2.24, 2.45) is 0 Å². The number of hydrogen-bond acceptors (Lipinski definition) is 2. The summed E-state index contributed by atoms with van der Waals surface area (Å²) in [7, 11) is 0. The van der Waals surface area contributed by atoms with Crippen molar-refractivity contribution in [3.05, 3.63) is 37.1 Å². The molecule has 2 heteroatoms. The first-order chi connectivity index (χ1) is 14.8. The number of esters is 1. The molecule has 0 aromatic rings. The average Bonchev–Trinajstić information content (AvgIpc) is 2.75. The zero-order valence-electron chi connectivity index (χ0n) is 20.1. The Balaban J connectivity index is 3.13. The van der Waals surface area contributed by atoms with Crippen molar-refractivity contribution < 1.29 is 9.53 Å². The molecule has 0 radical (unpaired) electrons. The Morgan fingerprint density at radius 1 is 0.667 bits per heavy atom. The number of unbranched alkanes of at least 4 members (excludes halogenated alkanes) is 19. The minimum Gasteiger partial charge on any atom is -0.432 e. The van der Waals surface area contributed by atoms with Crippen LogP contribution in [0, 0.1) is 0 Å². The van der Waals surface area contributed by atoms with Crippen molar-refractivity contribution in [3.63, 3.8) is 0 Å². The van der Waals surface area contributed by atoms with Crippen LogP contribution in [-0.2, 0) is 9.53 Å². The number of hydrogen-bond donors (Lipinski definition) is 0. The highest BCUT2D eigenvalue weighted by Gasteiger charge is 1.95. The molecule has 0 saturated carbocycles. The highest BCUT2D eigenvalue weighted by Crippen LogP contribution is 2.14. The summed E-state index contributed by atoms with van der Waals surface area (Å²) in [5.41, 5.74) is 0. The molecule has 0 aliphatic carbocycles. The van der Waals surface area contributed by atoms with Gasteiger partial charge in [0.15, 0.2) is 0 Å². The largest absolute Gasteiger partial charge is 0.432 e. The van der Waals surface area contributed by atoms with E-state index >= 15 is 0 Å². The second kappa shape index (κ2) is 25.7. The number of allylic oxidation sites excluding steroid dienone is 3. The number of carbonyl (C=O) groups excluding carboxylic acids is 1. The van der Waals surface area contributed by atoms with Crippen molar-refractivity contribution >= 4 is 5.97 Å². The van der Waals surface area contributed by atoms with E-state index in [1.165, 1.54) is 134 Å². The molecular weight excluding hydrogens is 368 g/mol. The van der Waals surface area contributed by atoms with E-state index in [9.17, 15) is 4.79 Å². The molecule has 0 saturated heterocycles. The molecule has 0 aliphatic rings. The Kier molecular flexibility index (Phi) is 24.6. The van der Waals surface area contributed by atoms with Gasteiger partial charge >= 0.3 is 5.97 Å². The van der Waals surface area contributed by atoms with Gasteiger partial charge in [0.1, 0.15) is 0 Å². The fourth-order valence-electron chi connectivity index (χ4n) is 3.71. The lowest BCUT2D eigenvalue weighted by atomic mass is 10.0. The van der Waals surface area contributed by atoms with Crippen molar-refractivity contribution in [1.29, 1.82) is 0 Å². The molecule has 0 fully saturated rings. The van der Waals surface area contributed by atoms with E-state index in [-0.39, 0.29) is 5.97 Å². The summed E-state index contributed by atoms with van der Waals surface area (Å²) >= 11 is 0. The molecule has 0 aromatic heterocycles. The lowest BCUT2D eigenvalue weighted by molar-refractivity contribution is -0.132. The van der Waals surface area contributed by atoms with Crippen molar-refractivity contribution in [2.75, 3.05) is 0 Å². The Labute approximate surface area is 188 Å². The van der Waals surface area contributed by atoms with Gasteiger partial charge in [-0.3, -0.25) is 0 Å². The van der Waals surface area contributed by atoms with Crippen LogP contribution in [0.25, 0.3) is 0 Å². The van der Waals surface area contributed by atoms with Gasteiger partial charge in [-0.1, -0.05) is 141 Å². The standard InChI is InChI=1S/C28H50O2/c1-3-5-7-8-9-10-11-12-13-14-15-16-17-18-19-20-21-22-23-24-25-27-30-28(29)26-6-4-2/h4,6,25-27H,2-3,5,7-24H2,1H3. The van der Waals surface area contributed by atoms with Gasteiger partial charge in [-0.2, -0.15) is 0 Å². The molecule has 0 spiro atoms. The van der Waals surface area contributed by atoms with Gasteiger partial charge in [-0.15, -0.1) is 0 Å². The highest BCUT2D eigenvalue weighted by atomic mass is 16.5. The highest BCUT2D eigenvalue weighted by molar-refractivity contribution is 5.82. The third-order valence-corrected chi connectivity index (χ3v) is 5.62. The van der Waals surface area contributed by atoms with Gasteiger partial charge in [0.05, 0.1) is 6.26 Å². The van der Waals surface area contributed by atoms with Crippen molar-refractivity contribution in [1.82, 2.24) is 0 Å². The Bertz CT molecular complexity index is 422. The molecule has 0 aromatic carbocycles. The van der Waals surface area contributed by atoms with Crippen molar-refractivity contribution in [3.8, 4) is 0 Å². The minimum atomic E-state index is -0.348. The summed E-state index contributed by atoms with van der Waals surface area (Å²) in [6, 6.07) is 0. The molecule has 0 bridgehead atoms. The summed E-state index contributed by atoms with van der Waals surface area (Å²) < 4.78 is 4.93. The molecular formula is C28H50O2. The zero-order chi connectivity index (χ0) is 22.0. The van der Waals surface area contributed by atoms with Crippen LogP contribution >= 0.6 is 0 Å². The summed E-state index contributed by atoms with van der Waals surface area (Å²) in [4.78, 5) is 11.2. The summed E-state index contributed by atoms with van der Waals surface area (Å²) in [5.74, 6) is -0.348. The smallest absolute Gasteiger partial charge is 0.335 e. The number of rotatable bonds is 23. The van der Waals surface area contributed by atoms with Crippen LogP contribution in [0.1, 0.15) is 135 Å². The molecule has 0 atom stereocenters. The normalized spacial score (nSPS) is 11.5. The predicted octanol–water partition coefficient (Wildman–Crippen LogP) is 9.61. The van der Waals surface area contributed by atoms with Crippen LogP contribution < -0.4 is 0 Å². The third kappa shape index (κ3) is 24.7. The van der Waals surface area contributed by atoms with Gasteiger partial charge in [-0.25, -0.2) is 4.79 Å². The predicted molar refractivity (Wildman–Crippen MR) is 133 cm³/mol. The van der Waals surface area contributed by atoms with Gasteiger partial charge in [0.2, 0.25) is 0 Å². The summed E-state index contributed by atoms with van der Waals surface area (Å²) in [5, 5.41) is 0. The van der Waals surface area contributed by atoms with Gasteiger partial charge < -0.3 is 4.74 Å². The zero-order valence-corrected chi connectivity index (χ0v) is 20.1. The summed E-state index contributed by atoms with van der Waals surface area (Å²) in [6.45, 7) is 5.80. The minimum absolute atomic E-state index is 0.348. The Morgan fingerprint density at radius 3 is 1.47 bits per heavy atom. The molecule has 0 rings (SSSR count). The number of ether oxygens (including phenoxy) is 1. The fraction of sp³-hybridized carbons (Fsp3) is 0.750. The second-order valence-corrected chi connectivity index (χ2v) is 8.56. The lowest BCUT2D eigenvalue weighted by Gasteiger charge is -2.03. The van der Waals surface area contributed by atoms with Gasteiger partial charge in [-0.05, 0) is 18.9 Å². The van der Waals surface area contributed by atoms with Crippen LogP contribution in [0.3, 0.4) is 0 Å². The molecule has 0 unspecified atom stereocenters. The molecule has 30 heavy (non-hydrogen) atoms. The topological polar surface area (TPSA) is 26.3 Å². The average molecular weight is 419 g/mol. The van der Waals surface area contributed by atoms with Crippen LogP contribution in [0.15, 0.2) is 37.1 Å². The molecule has 0 amide bonds. The monoisotopic (exact) mass is 418 g/mol. The van der Waals surface area contributed by atoms with Crippen LogP contribution in [0.5, 0.6) is 0 Å². The third-order valence-electron chi connectivity index (χ3n) is 5.62. The molecule has 2 nitrogen and oxygen atoms in total. The number of carbonyl (C=O) groups is 1. The van der Waals surface area contributed by atoms with E-state index in [4.69, 9.17) is 4.74 Å². The maximum Gasteiger partial charge on any atom is 0.335 e. The first-order valence-corrected chi connectivity index (χ1v) is 13.0. The quantitative estimate of drug-likeness (QED) is 0.0542. The van der Waals surface area contributed by atoms with Crippen molar-refractivity contribution in [2.45, 2.75) is 135 Å². The van der Waals surface area contributed by atoms with E-state index in [2.05, 4.69) is 13.5 Å². The Hall–Kier alpha value is -1.31. The van der Waals surface area contributed by atoms with E-state index in [1.54, 1.807) is 12.2 Å². The van der Waals surface area contributed by atoms with E-state index in [0.29, 0.717) is 0 Å². The first-order valence-electron chi connectivity index (χ1n) is 13.0. The van der Waals surface area contributed by atoms with E-state index in [0.717, 1.165) is 6.42 Å². The molecule has 0 N–H and O–H groups in total. The Morgan fingerprint density at radius 2 is 1.07 bits per heavy atom. The summed E-state index contributed by atoms with van der Waals surface area (Å²) in [6.07, 6.45) is 35.6. The second-order valence-electron chi connectivity index (χ2n) is 8.56. The van der Waals surface area contributed by atoms with Gasteiger partial charge in [0.25, 0.3) is 0 Å².